The van der Waals surface area contributed by atoms with Crippen molar-refractivity contribution in [2.75, 3.05) is 6.61 Å². The average molecular weight is 410 g/mol. The number of halogens is 1. The molecule has 0 unspecified atom stereocenters. The minimum atomic E-state index is -1.80. The molecule has 0 rings (SSSR count). The summed E-state index contributed by atoms with van der Waals surface area (Å²) >= 11 is 2.23. The van der Waals surface area contributed by atoms with E-state index < -0.39 is 8.32 Å². The minimum Gasteiger partial charge on any atom is -0.413 e. The van der Waals surface area contributed by atoms with Gasteiger partial charge in [-0.25, -0.2) is 0 Å². The highest BCUT2D eigenvalue weighted by atomic mass is 127. The average Bonchev–Trinajstić information content (AvgIpc) is 2.26. The molecule has 0 fully saturated rings. The Balaban J connectivity index is 5.02. The zero-order chi connectivity index (χ0) is 16.0. The third kappa shape index (κ3) is 6.87. The van der Waals surface area contributed by atoms with Crippen LogP contribution in [0.5, 0.6) is 0 Å². The van der Waals surface area contributed by atoms with Gasteiger partial charge in [-0.15, -0.1) is 0 Å². The Labute approximate surface area is 140 Å². The molecule has 20 heavy (non-hydrogen) atoms. The number of aliphatic hydroxyl groups excluding tert-OH is 1. The van der Waals surface area contributed by atoms with Crippen LogP contribution in [0.15, 0.2) is 21.8 Å². The molecular formula is C16H31IO2Si. The van der Waals surface area contributed by atoms with E-state index in [0.717, 1.165) is 0 Å². The van der Waals surface area contributed by atoms with Gasteiger partial charge in [-0.05, 0) is 41.5 Å². The Morgan fingerprint density at radius 1 is 1.35 bits per heavy atom. The van der Waals surface area contributed by atoms with Crippen molar-refractivity contribution in [1.29, 1.82) is 0 Å². The molecule has 1 N–H and O–H groups in total. The van der Waals surface area contributed by atoms with Gasteiger partial charge in [0.15, 0.2) is 8.32 Å². The summed E-state index contributed by atoms with van der Waals surface area (Å²) in [5.41, 5.74) is 1.24. The van der Waals surface area contributed by atoms with E-state index in [-0.39, 0.29) is 17.7 Å². The van der Waals surface area contributed by atoms with Crippen molar-refractivity contribution in [2.45, 2.75) is 65.3 Å². The van der Waals surface area contributed by atoms with Gasteiger partial charge in [0.05, 0.1) is 6.10 Å². The largest absolute Gasteiger partial charge is 0.413 e. The highest BCUT2D eigenvalue weighted by Crippen LogP contribution is 2.38. The van der Waals surface area contributed by atoms with Crippen molar-refractivity contribution < 1.29 is 9.53 Å². The van der Waals surface area contributed by atoms with Crippen LogP contribution in [-0.2, 0) is 4.43 Å². The van der Waals surface area contributed by atoms with Crippen LogP contribution in [-0.4, -0.2) is 26.1 Å². The molecular weight excluding hydrogens is 379 g/mol. The number of allylic oxidation sites excluding steroid dienone is 2. The Bertz CT molecular complexity index is 343. The first-order valence-corrected chi connectivity index (χ1v) is 11.4. The predicted octanol–water partition coefficient (Wildman–Crippen LogP) is 5.29. The third-order valence-corrected chi connectivity index (χ3v) is 8.97. The topological polar surface area (TPSA) is 29.5 Å². The molecule has 0 aliphatic carbocycles. The van der Waals surface area contributed by atoms with Gasteiger partial charge in [0.1, 0.15) is 0 Å². The molecule has 0 spiro atoms. The highest BCUT2D eigenvalue weighted by Gasteiger charge is 2.39. The second-order valence-electron chi connectivity index (χ2n) is 6.99. The van der Waals surface area contributed by atoms with Crippen molar-refractivity contribution in [2.24, 2.45) is 5.92 Å². The van der Waals surface area contributed by atoms with Gasteiger partial charge in [-0.1, -0.05) is 68.0 Å². The molecule has 4 heteroatoms. The Kier molecular flexibility index (Phi) is 8.86. The molecule has 0 radical (unpaired) electrons. The zero-order valence-corrected chi connectivity index (χ0v) is 17.2. The molecule has 0 aromatic heterocycles. The quantitative estimate of drug-likeness (QED) is 0.351. The molecule has 0 heterocycles. The molecule has 0 saturated heterocycles. The highest BCUT2D eigenvalue weighted by molar-refractivity contribution is 14.1. The van der Waals surface area contributed by atoms with Crippen LogP contribution in [0.3, 0.4) is 0 Å². The van der Waals surface area contributed by atoms with E-state index in [0.29, 0.717) is 12.3 Å². The molecule has 2 nitrogen and oxygen atoms in total. The SMILES string of the molecule is CC(/C=C\I)=C\[C@H](C)[C@H](CCO)O[Si](C)(C)C(C)(C)C. The summed E-state index contributed by atoms with van der Waals surface area (Å²) in [5.74, 6) is 0.309. The maximum atomic E-state index is 9.32. The van der Waals surface area contributed by atoms with Crippen LogP contribution in [0.25, 0.3) is 0 Å². The van der Waals surface area contributed by atoms with Crippen molar-refractivity contribution in [3.63, 3.8) is 0 Å². The molecule has 118 valence electrons. The lowest BCUT2D eigenvalue weighted by atomic mass is 9.99. The summed E-state index contributed by atoms with van der Waals surface area (Å²) in [5, 5.41) is 9.52. The lowest BCUT2D eigenvalue weighted by molar-refractivity contribution is 0.111. The molecule has 2 atom stereocenters. The fourth-order valence-corrected chi connectivity index (χ4v) is 3.80. The number of hydrogen-bond acceptors (Lipinski definition) is 2. The molecule has 0 amide bonds. The molecule has 0 saturated carbocycles. The minimum absolute atomic E-state index is 0.0958. The van der Waals surface area contributed by atoms with Crippen molar-refractivity contribution in [3.8, 4) is 0 Å². The summed E-state index contributed by atoms with van der Waals surface area (Å²) < 4.78 is 8.51. The summed E-state index contributed by atoms with van der Waals surface area (Å²) in [6, 6.07) is 0. The molecule has 0 aromatic carbocycles. The maximum absolute atomic E-state index is 9.32. The van der Waals surface area contributed by atoms with E-state index in [1.807, 2.05) is 4.08 Å². The van der Waals surface area contributed by atoms with E-state index in [1.165, 1.54) is 5.57 Å². The van der Waals surface area contributed by atoms with Crippen molar-refractivity contribution in [1.82, 2.24) is 0 Å². The normalized spacial score (nSPS) is 17.6. The monoisotopic (exact) mass is 410 g/mol. The molecule has 0 aliphatic heterocycles. The van der Waals surface area contributed by atoms with Crippen LogP contribution >= 0.6 is 22.6 Å². The summed E-state index contributed by atoms with van der Waals surface area (Å²) in [6.07, 6.45) is 5.13. The van der Waals surface area contributed by atoms with Crippen LogP contribution in [0.4, 0.5) is 0 Å². The van der Waals surface area contributed by atoms with Crippen LogP contribution in [0.2, 0.25) is 18.1 Å². The Morgan fingerprint density at radius 3 is 2.30 bits per heavy atom. The van der Waals surface area contributed by atoms with E-state index >= 15 is 0 Å². The van der Waals surface area contributed by atoms with E-state index in [1.54, 1.807) is 0 Å². The predicted molar refractivity (Wildman–Crippen MR) is 99.9 cm³/mol. The first kappa shape index (κ1) is 20.3. The number of hydrogen-bond donors (Lipinski definition) is 1. The van der Waals surface area contributed by atoms with Crippen molar-refractivity contribution >= 4 is 30.9 Å². The number of aliphatic hydroxyl groups is 1. The van der Waals surface area contributed by atoms with Crippen LogP contribution < -0.4 is 0 Å². The first-order valence-electron chi connectivity index (χ1n) is 7.29. The smallest absolute Gasteiger partial charge is 0.192 e. The molecule has 0 aliphatic rings. The van der Waals surface area contributed by atoms with Gasteiger partial charge in [-0.2, -0.15) is 0 Å². The summed E-state index contributed by atoms with van der Waals surface area (Å²) in [4.78, 5) is 0. The molecule has 0 aromatic rings. The fraction of sp³-hybridized carbons (Fsp3) is 0.750. The Hall–Kier alpha value is 0.347. The van der Waals surface area contributed by atoms with Gasteiger partial charge in [0.25, 0.3) is 0 Å². The van der Waals surface area contributed by atoms with E-state index in [9.17, 15) is 5.11 Å². The second-order valence-corrected chi connectivity index (χ2v) is 12.5. The van der Waals surface area contributed by atoms with Crippen LogP contribution in [0, 0.1) is 5.92 Å². The van der Waals surface area contributed by atoms with Gasteiger partial charge >= 0.3 is 0 Å². The first-order chi connectivity index (χ1) is 9.05. The third-order valence-electron chi connectivity index (χ3n) is 4.10. The van der Waals surface area contributed by atoms with E-state index in [4.69, 9.17) is 4.43 Å². The number of rotatable bonds is 7. The lowest BCUT2D eigenvalue weighted by Crippen LogP contribution is -2.45. The standard InChI is InChI=1S/C16H31IO2Si/c1-13(8-10-17)12-14(2)15(9-11-18)19-20(6,7)16(3,4)5/h8,10,12,14-15,18H,9,11H2,1-7H3/b10-8-,13-12+/t14-,15-/m0/s1. The van der Waals surface area contributed by atoms with Gasteiger partial charge in [0.2, 0.25) is 0 Å². The van der Waals surface area contributed by atoms with Gasteiger partial charge < -0.3 is 9.53 Å². The second kappa shape index (κ2) is 8.71. The van der Waals surface area contributed by atoms with E-state index in [2.05, 4.69) is 82.5 Å². The maximum Gasteiger partial charge on any atom is 0.192 e. The van der Waals surface area contributed by atoms with Crippen LogP contribution in [0.1, 0.15) is 41.0 Å². The molecule has 0 bridgehead atoms. The summed E-state index contributed by atoms with van der Waals surface area (Å²) in [7, 11) is -1.80. The lowest BCUT2D eigenvalue weighted by Gasteiger charge is -2.40. The van der Waals surface area contributed by atoms with Gasteiger partial charge in [0, 0.05) is 6.61 Å². The fourth-order valence-electron chi connectivity index (χ4n) is 1.79. The van der Waals surface area contributed by atoms with Gasteiger partial charge in [-0.3, -0.25) is 0 Å². The van der Waals surface area contributed by atoms with Crippen molar-refractivity contribution in [3.05, 3.63) is 21.8 Å². The zero-order valence-electron chi connectivity index (χ0n) is 14.0. The Morgan fingerprint density at radius 2 is 1.90 bits per heavy atom. The summed E-state index contributed by atoms with van der Waals surface area (Å²) in [6.45, 7) is 15.8.